The van der Waals surface area contributed by atoms with Crippen LogP contribution in [0.15, 0.2) is 4.79 Å². The summed E-state index contributed by atoms with van der Waals surface area (Å²) >= 11 is 0. The molecule has 0 aliphatic carbocycles. The molecule has 0 saturated heterocycles. The summed E-state index contributed by atoms with van der Waals surface area (Å²) in [6.45, 7) is 4.39. The minimum Gasteiger partial charge on any atom is -0.480 e. The van der Waals surface area contributed by atoms with Crippen molar-refractivity contribution in [2.75, 3.05) is 5.32 Å². The lowest BCUT2D eigenvalue weighted by atomic mass is 10.2. The van der Waals surface area contributed by atoms with E-state index in [4.69, 9.17) is 9.84 Å². The highest BCUT2D eigenvalue weighted by molar-refractivity contribution is 5.82. The number of nitrogens with zero attached hydrogens (tertiary/aromatic N) is 2. The van der Waals surface area contributed by atoms with E-state index in [2.05, 4.69) is 10.4 Å². The van der Waals surface area contributed by atoms with Gasteiger partial charge in [-0.05, 0) is 20.8 Å². The molecule has 0 saturated carbocycles. The number of rotatable bonds is 3. The molecule has 0 unspecified atom stereocenters. The largest absolute Gasteiger partial charge is 0.480 e. The number of aromatic nitrogens is 3. The van der Waals surface area contributed by atoms with Gasteiger partial charge >= 0.3 is 17.8 Å². The van der Waals surface area contributed by atoms with Crippen LogP contribution in [0.5, 0.6) is 0 Å². The Morgan fingerprint density at radius 3 is 2.61 bits per heavy atom. The third kappa shape index (κ3) is 3.92. The van der Waals surface area contributed by atoms with Crippen molar-refractivity contribution < 1.29 is 19.4 Å². The highest BCUT2D eigenvalue weighted by Gasteiger charge is 2.19. The van der Waals surface area contributed by atoms with Crippen molar-refractivity contribution in [1.82, 2.24) is 14.8 Å². The minimum atomic E-state index is -1.23. The van der Waals surface area contributed by atoms with Crippen LogP contribution in [0.3, 0.4) is 0 Å². The zero-order valence-corrected chi connectivity index (χ0v) is 10.2. The van der Waals surface area contributed by atoms with Gasteiger partial charge in [-0.3, -0.25) is 10.1 Å². The van der Waals surface area contributed by atoms with E-state index in [1.165, 1.54) is 0 Å². The van der Waals surface area contributed by atoms with Gasteiger partial charge in [0.15, 0.2) is 0 Å². The molecule has 0 aliphatic heterocycles. The number of hydrogen-bond donors (Lipinski definition) is 3. The number of carboxylic acid groups (broad SMARTS) is 1. The van der Waals surface area contributed by atoms with Crippen LogP contribution in [0.25, 0.3) is 0 Å². The Bertz CT molecular complexity index is 510. The van der Waals surface area contributed by atoms with Crippen LogP contribution in [0, 0.1) is 0 Å². The topological polar surface area (TPSA) is 126 Å². The molecule has 0 radical (unpaired) electrons. The molecular formula is C9H14N4O5. The lowest BCUT2D eigenvalue weighted by Crippen LogP contribution is -2.30. The van der Waals surface area contributed by atoms with Crippen molar-refractivity contribution in [3.05, 3.63) is 10.5 Å². The predicted octanol–water partition coefficient (Wildman–Crippen LogP) is 0.00300. The van der Waals surface area contributed by atoms with E-state index in [9.17, 15) is 14.4 Å². The highest BCUT2D eigenvalue weighted by atomic mass is 16.6. The molecule has 1 aromatic heterocycles. The molecule has 1 heterocycles. The quantitative estimate of drug-likeness (QED) is 0.700. The van der Waals surface area contributed by atoms with Crippen LogP contribution in [-0.2, 0) is 16.1 Å². The second-order valence-corrected chi connectivity index (χ2v) is 4.46. The first-order valence-electron chi connectivity index (χ1n) is 5.06. The first-order valence-corrected chi connectivity index (χ1v) is 5.06. The van der Waals surface area contributed by atoms with Crippen molar-refractivity contribution in [3.8, 4) is 0 Å². The number of aromatic amines is 1. The summed E-state index contributed by atoms with van der Waals surface area (Å²) in [6, 6.07) is 0. The van der Waals surface area contributed by atoms with Crippen LogP contribution in [-0.4, -0.2) is 37.5 Å². The average molecular weight is 258 g/mol. The molecule has 0 bridgehead atoms. The third-order valence-corrected chi connectivity index (χ3v) is 1.66. The number of anilines is 1. The van der Waals surface area contributed by atoms with Gasteiger partial charge in [0.1, 0.15) is 12.1 Å². The first kappa shape index (κ1) is 13.7. The number of nitrogens with one attached hydrogen (secondary N) is 2. The molecule has 0 fully saturated rings. The molecule has 9 nitrogen and oxygen atoms in total. The SMILES string of the molecule is CC(C)(C)OC(=O)Nc1n[nH]c(=O)n1CC(=O)O. The number of ether oxygens (including phenoxy) is 1. The van der Waals surface area contributed by atoms with Gasteiger partial charge in [-0.25, -0.2) is 19.3 Å². The Kier molecular flexibility index (Phi) is 3.74. The van der Waals surface area contributed by atoms with Crippen LogP contribution in [0.1, 0.15) is 20.8 Å². The van der Waals surface area contributed by atoms with Crippen LogP contribution in [0.4, 0.5) is 10.7 Å². The van der Waals surface area contributed by atoms with Crippen molar-refractivity contribution in [3.63, 3.8) is 0 Å². The van der Waals surface area contributed by atoms with Crippen molar-refractivity contribution in [2.45, 2.75) is 32.9 Å². The maximum Gasteiger partial charge on any atom is 0.414 e. The van der Waals surface area contributed by atoms with E-state index < -0.39 is 29.9 Å². The van der Waals surface area contributed by atoms with Gasteiger partial charge in [0.25, 0.3) is 0 Å². The van der Waals surface area contributed by atoms with E-state index in [0.717, 1.165) is 4.57 Å². The maximum atomic E-state index is 11.4. The Hall–Kier alpha value is -2.32. The summed E-state index contributed by atoms with van der Waals surface area (Å²) in [7, 11) is 0. The van der Waals surface area contributed by atoms with Crippen LogP contribution in [0.2, 0.25) is 0 Å². The molecule has 100 valence electrons. The van der Waals surface area contributed by atoms with Crippen molar-refractivity contribution in [2.24, 2.45) is 0 Å². The predicted molar refractivity (Wildman–Crippen MR) is 60.3 cm³/mol. The molecular weight excluding hydrogens is 244 g/mol. The fourth-order valence-corrected chi connectivity index (χ4v) is 1.09. The van der Waals surface area contributed by atoms with Crippen LogP contribution >= 0.6 is 0 Å². The molecule has 0 spiro atoms. The van der Waals surface area contributed by atoms with Crippen molar-refractivity contribution >= 4 is 18.0 Å². The van der Waals surface area contributed by atoms with Gasteiger partial charge in [0.05, 0.1) is 0 Å². The van der Waals surface area contributed by atoms with Gasteiger partial charge < -0.3 is 9.84 Å². The van der Waals surface area contributed by atoms with E-state index in [1.807, 2.05) is 5.10 Å². The smallest absolute Gasteiger partial charge is 0.414 e. The second kappa shape index (κ2) is 4.90. The summed E-state index contributed by atoms with van der Waals surface area (Å²) in [4.78, 5) is 33.2. The molecule has 3 N–H and O–H groups in total. The molecule has 1 rings (SSSR count). The Labute approximate surface area is 102 Å². The van der Waals surface area contributed by atoms with Gasteiger partial charge in [-0.1, -0.05) is 0 Å². The number of amides is 1. The number of carboxylic acids is 1. The molecule has 18 heavy (non-hydrogen) atoms. The third-order valence-electron chi connectivity index (χ3n) is 1.66. The summed E-state index contributed by atoms with van der Waals surface area (Å²) in [5.41, 5.74) is -1.44. The number of carbonyl (C=O) groups excluding carboxylic acids is 1. The normalized spacial score (nSPS) is 11.1. The van der Waals surface area contributed by atoms with Gasteiger partial charge in [0.2, 0.25) is 5.95 Å². The standard InChI is InChI=1S/C9H14N4O5/c1-9(2,3)18-8(17)10-6-11-12-7(16)13(6)4-5(14)15/h4H2,1-3H3,(H,12,16)(H,14,15)(H,10,11,17). The van der Waals surface area contributed by atoms with Crippen LogP contribution < -0.4 is 11.0 Å². The number of carbonyl (C=O) groups is 2. The lowest BCUT2D eigenvalue weighted by molar-refractivity contribution is -0.137. The lowest BCUT2D eigenvalue weighted by Gasteiger charge is -2.19. The van der Waals surface area contributed by atoms with Gasteiger partial charge in [-0.2, -0.15) is 0 Å². The Morgan fingerprint density at radius 1 is 1.50 bits per heavy atom. The summed E-state index contributed by atoms with van der Waals surface area (Å²) in [5, 5.41) is 16.3. The number of aliphatic carboxylic acids is 1. The molecule has 0 aromatic carbocycles. The fourth-order valence-electron chi connectivity index (χ4n) is 1.09. The highest BCUT2D eigenvalue weighted by Crippen LogP contribution is 2.08. The fraction of sp³-hybridized carbons (Fsp3) is 0.556. The molecule has 0 atom stereocenters. The van der Waals surface area contributed by atoms with Crippen molar-refractivity contribution in [1.29, 1.82) is 0 Å². The second-order valence-electron chi connectivity index (χ2n) is 4.46. The van der Waals surface area contributed by atoms with E-state index in [-0.39, 0.29) is 5.95 Å². The summed E-state index contributed by atoms with van der Waals surface area (Å²) in [5.74, 6) is -1.44. The Morgan fingerprint density at radius 2 is 2.11 bits per heavy atom. The molecule has 1 amide bonds. The molecule has 0 aliphatic rings. The van der Waals surface area contributed by atoms with Gasteiger partial charge in [-0.15, -0.1) is 5.10 Å². The van der Waals surface area contributed by atoms with E-state index in [1.54, 1.807) is 20.8 Å². The van der Waals surface area contributed by atoms with E-state index >= 15 is 0 Å². The Balaban J connectivity index is 2.82. The number of hydrogen-bond acceptors (Lipinski definition) is 5. The first-order chi connectivity index (χ1) is 8.19. The number of H-pyrrole nitrogens is 1. The van der Waals surface area contributed by atoms with Gasteiger partial charge in [0, 0.05) is 0 Å². The molecule has 1 aromatic rings. The maximum absolute atomic E-state index is 11.4. The zero-order chi connectivity index (χ0) is 13.9. The monoisotopic (exact) mass is 258 g/mol. The zero-order valence-electron chi connectivity index (χ0n) is 10.2. The van der Waals surface area contributed by atoms with E-state index in [0.29, 0.717) is 0 Å². The summed E-state index contributed by atoms with van der Waals surface area (Å²) < 4.78 is 5.71. The average Bonchev–Trinajstić information content (AvgIpc) is 2.46. The summed E-state index contributed by atoms with van der Waals surface area (Å²) in [6.07, 6.45) is -0.826. The molecule has 9 heteroatoms. The minimum absolute atomic E-state index is 0.211.